The highest BCUT2D eigenvalue weighted by Gasteiger charge is 2.17. The molecule has 0 aliphatic carbocycles. The number of carbonyl (C=O) groups is 1. The molecule has 0 spiro atoms. The van der Waals surface area contributed by atoms with Crippen molar-refractivity contribution in [2.75, 3.05) is 0 Å². The van der Waals surface area contributed by atoms with E-state index < -0.39 is 5.97 Å². The Morgan fingerprint density at radius 3 is 2.45 bits per heavy atom. The van der Waals surface area contributed by atoms with Crippen LogP contribution >= 0.6 is 0 Å². The van der Waals surface area contributed by atoms with E-state index in [0.717, 1.165) is 0 Å². The number of phenolic OH excluding ortho intramolecular Hbond substituents is 2. The summed E-state index contributed by atoms with van der Waals surface area (Å²) in [6, 6.07) is 10.2. The first-order chi connectivity index (χ1) is 10.6. The van der Waals surface area contributed by atoms with E-state index in [0.29, 0.717) is 5.56 Å². The zero-order valence-corrected chi connectivity index (χ0v) is 11.1. The molecule has 110 valence electrons. The lowest BCUT2D eigenvalue weighted by Crippen LogP contribution is -1.96. The Labute approximate surface area is 124 Å². The fourth-order valence-electron chi connectivity index (χ4n) is 1.94. The van der Waals surface area contributed by atoms with Crippen molar-refractivity contribution < 1.29 is 24.6 Å². The molecule has 7 heteroatoms. The first-order valence-corrected chi connectivity index (χ1v) is 6.25. The van der Waals surface area contributed by atoms with Crippen LogP contribution in [-0.4, -0.2) is 31.4 Å². The van der Waals surface area contributed by atoms with Gasteiger partial charge < -0.3 is 19.8 Å². The van der Waals surface area contributed by atoms with Gasteiger partial charge in [-0.05, 0) is 30.3 Å². The summed E-state index contributed by atoms with van der Waals surface area (Å²) in [5.74, 6) is -1.24. The first-order valence-electron chi connectivity index (χ1n) is 6.25. The zero-order valence-electron chi connectivity index (χ0n) is 11.1. The number of benzene rings is 2. The lowest BCUT2D eigenvalue weighted by Gasteiger charge is -2.01. The van der Waals surface area contributed by atoms with Crippen LogP contribution in [-0.2, 0) is 0 Å². The summed E-state index contributed by atoms with van der Waals surface area (Å²) in [5.41, 5.74) is 0.460. The molecule has 3 rings (SSSR count). The number of carboxylic acids is 1. The molecule has 0 saturated carbocycles. The molecule has 7 nitrogen and oxygen atoms in total. The van der Waals surface area contributed by atoms with Crippen molar-refractivity contribution in [2.45, 2.75) is 0 Å². The van der Waals surface area contributed by atoms with Crippen LogP contribution in [0.25, 0.3) is 22.8 Å². The lowest BCUT2D eigenvalue weighted by atomic mass is 10.1. The van der Waals surface area contributed by atoms with E-state index >= 15 is 0 Å². The molecular weight excluding hydrogens is 288 g/mol. The van der Waals surface area contributed by atoms with Crippen molar-refractivity contribution in [3.63, 3.8) is 0 Å². The Kier molecular flexibility index (Phi) is 3.23. The van der Waals surface area contributed by atoms with Gasteiger partial charge in [-0.2, -0.15) is 4.98 Å². The van der Waals surface area contributed by atoms with Gasteiger partial charge in [-0.3, -0.25) is 0 Å². The standard InChI is InChI=1S/C15H10N2O5/c18-11-4-2-1-3-9(11)14-16-13(17-22-14)10-7-8(15(20)21)5-6-12(10)19/h1-7,18-19H,(H,20,21). The highest BCUT2D eigenvalue weighted by atomic mass is 16.5. The minimum Gasteiger partial charge on any atom is -0.507 e. The second-order valence-corrected chi connectivity index (χ2v) is 4.48. The van der Waals surface area contributed by atoms with Gasteiger partial charge in [0.2, 0.25) is 5.82 Å². The summed E-state index contributed by atoms with van der Waals surface area (Å²) in [7, 11) is 0. The van der Waals surface area contributed by atoms with E-state index in [9.17, 15) is 15.0 Å². The summed E-state index contributed by atoms with van der Waals surface area (Å²) in [5, 5.41) is 32.3. The summed E-state index contributed by atoms with van der Waals surface area (Å²) >= 11 is 0. The van der Waals surface area contributed by atoms with E-state index in [1.54, 1.807) is 18.2 Å². The molecule has 0 aliphatic rings. The smallest absolute Gasteiger partial charge is 0.335 e. The molecule has 0 fully saturated rings. The molecule has 0 saturated heterocycles. The highest BCUT2D eigenvalue weighted by Crippen LogP contribution is 2.32. The number of carboxylic acid groups (broad SMARTS) is 1. The summed E-state index contributed by atoms with van der Waals surface area (Å²) < 4.78 is 5.06. The Hall–Kier alpha value is -3.35. The van der Waals surface area contributed by atoms with Gasteiger partial charge in [0.1, 0.15) is 11.5 Å². The number of hydrogen-bond acceptors (Lipinski definition) is 6. The zero-order chi connectivity index (χ0) is 15.7. The Morgan fingerprint density at radius 1 is 1.00 bits per heavy atom. The van der Waals surface area contributed by atoms with E-state index in [-0.39, 0.29) is 34.3 Å². The number of hydrogen-bond donors (Lipinski definition) is 3. The van der Waals surface area contributed by atoms with Gasteiger partial charge in [-0.1, -0.05) is 17.3 Å². The van der Waals surface area contributed by atoms with Gasteiger partial charge in [-0.25, -0.2) is 4.79 Å². The molecule has 0 amide bonds. The van der Waals surface area contributed by atoms with Crippen molar-refractivity contribution >= 4 is 5.97 Å². The predicted octanol–water partition coefficient (Wildman–Crippen LogP) is 2.51. The van der Waals surface area contributed by atoms with E-state index in [2.05, 4.69) is 10.1 Å². The van der Waals surface area contributed by atoms with Crippen molar-refractivity contribution in [1.82, 2.24) is 10.1 Å². The van der Waals surface area contributed by atoms with Crippen LogP contribution in [0, 0.1) is 0 Å². The molecule has 3 N–H and O–H groups in total. The molecule has 0 aliphatic heterocycles. The van der Waals surface area contributed by atoms with Crippen LogP contribution in [0.1, 0.15) is 10.4 Å². The van der Waals surface area contributed by atoms with E-state index in [1.807, 2.05) is 0 Å². The number of aromatic nitrogens is 2. The monoisotopic (exact) mass is 298 g/mol. The fraction of sp³-hybridized carbons (Fsp3) is 0. The van der Waals surface area contributed by atoms with Crippen LogP contribution in [0.4, 0.5) is 0 Å². The highest BCUT2D eigenvalue weighted by molar-refractivity contribution is 5.90. The van der Waals surface area contributed by atoms with Crippen LogP contribution in [0.2, 0.25) is 0 Å². The number of aromatic hydroxyl groups is 2. The van der Waals surface area contributed by atoms with Gasteiger partial charge in [-0.15, -0.1) is 0 Å². The molecule has 0 atom stereocenters. The van der Waals surface area contributed by atoms with Crippen molar-refractivity contribution in [3.05, 3.63) is 48.0 Å². The molecule has 3 aromatic rings. The van der Waals surface area contributed by atoms with Gasteiger partial charge in [0.15, 0.2) is 0 Å². The maximum atomic E-state index is 11.0. The minimum absolute atomic E-state index is 0.0123. The fourth-order valence-corrected chi connectivity index (χ4v) is 1.94. The SMILES string of the molecule is O=C(O)c1ccc(O)c(-c2noc(-c3ccccc3O)n2)c1. The Balaban J connectivity index is 2.06. The third kappa shape index (κ3) is 2.35. The van der Waals surface area contributed by atoms with Crippen LogP contribution in [0.3, 0.4) is 0 Å². The third-order valence-corrected chi connectivity index (χ3v) is 3.04. The van der Waals surface area contributed by atoms with Crippen LogP contribution < -0.4 is 0 Å². The molecule has 0 unspecified atom stereocenters. The van der Waals surface area contributed by atoms with Gasteiger partial charge in [0.25, 0.3) is 5.89 Å². The molecular formula is C15H10N2O5. The number of phenols is 2. The number of rotatable bonds is 3. The largest absolute Gasteiger partial charge is 0.507 e. The maximum absolute atomic E-state index is 11.0. The quantitative estimate of drug-likeness (QED) is 0.680. The molecule has 0 bridgehead atoms. The Bertz CT molecular complexity index is 857. The summed E-state index contributed by atoms with van der Waals surface area (Å²) in [4.78, 5) is 15.1. The molecule has 2 aromatic carbocycles. The van der Waals surface area contributed by atoms with E-state index in [4.69, 9.17) is 9.63 Å². The van der Waals surface area contributed by atoms with Crippen molar-refractivity contribution in [3.8, 4) is 34.3 Å². The average Bonchev–Trinajstić information content (AvgIpc) is 2.97. The molecule has 22 heavy (non-hydrogen) atoms. The van der Waals surface area contributed by atoms with Crippen molar-refractivity contribution in [1.29, 1.82) is 0 Å². The normalized spacial score (nSPS) is 10.5. The number of para-hydroxylation sites is 1. The second-order valence-electron chi connectivity index (χ2n) is 4.48. The predicted molar refractivity (Wildman–Crippen MR) is 75.5 cm³/mol. The molecule has 1 heterocycles. The average molecular weight is 298 g/mol. The Morgan fingerprint density at radius 2 is 1.73 bits per heavy atom. The van der Waals surface area contributed by atoms with Gasteiger partial charge in [0.05, 0.1) is 16.7 Å². The van der Waals surface area contributed by atoms with Gasteiger partial charge >= 0.3 is 5.97 Å². The first kappa shape index (κ1) is 13.6. The topological polar surface area (TPSA) is 117 Å². The third-order valence-electron chi connectivity index (χ3n) is 3.04. The number of aromatic carboxylic acids is 1. The summed E-state index contributed by atoms with van der Waals surface area (Å²) in [6.45, 7) is 0. The number of nitrogens with zero attached hydrogens (tertiary/aromatic N) is 2. The van der Waals surface area contributed by atoms with Crippen LogP contribution in [0.5, 0.6) is 11.5 Å². The van der Waals surface area contributed by atoms with Crippen molar-refractivity contribution in [2.24, 2.45) is 0 Å². The maximum Gasteiger partial charge on any atom is 0.335 e. The van der Waals surface area contributed by atoms with E-state index in [1.165, 1.54) is 24.3 Å². The second kappa shape index (κ2) is 5.21. The lowest BCUT2D eigenvalue weighted by molar-refractivity contribution is 0.0697. The summed E-state index contributed by atoms with van der Waals surface area (Å²) in [6.07, 6.45) is 0. The van der Waals surface area contributed by atoms with Crippen LogP contribution in [0.15, 0.2) is 47.0 Å². The van der Waals surface area contributed by atoms with Gasteiger partial charge in [0, 0.05) is 0 Å². The molecule has 0 radical (unpaired) electrons. The minimum atomic E-state index is -1.13. The molecule has 1 aromatic heterocycles.